The van der Waals surface area contributed by atoms with Gasteiger partial charge in [0.05, 0.1) is 18.8 Å². The second kappa shape index (κ2) is 12.8. The fourth-order valence-corrected chi connectivity index (χ4v) is 3.73. The van der Waals surface area contributed by atoms with Crippen molar-refractivity contribution in [1.82, 2.24) is 5.32 Å². The Balaban J connectivity index is 2.20. The molecule has 6 atom stereocenters. The van der Waals surface area contributed by atoms with Crippen LogP contribution >= 0.6 is 0 Å². The summed E-state index contributed by atoms with van der Waals surface area (Å²) in [5, 5.41) is 2.55. The van der Waals surface area contributed by atoms with Crippen LogP contribution in [-0.2, 0) is 35.1 Å². The predicted molar refractivity (Wildman–Crippen MR) is 117 cm³/mol. The third-order valence-corrected chi connectivity index (χ3v) is 5.51. The Morgan fingerprint density at radius 2 is 1.84 bits per heavy atom. The number of hydrogen-bond donors (Lipinski definition) is 1. The quantitative estimate of drug-likeness (QED) is 0.422. The summed E-state index contributed by atoms with van der Waals surface area (Å²) in [4.78, 5) is 23.9. The summed E-state index contributed by atoms with van der Waals surface area (Å²) in [6.45, 7) is 10.1. The van der Waals surface area contributed by atoms with Gasteiger partial charge < -0.3 is 24.3 Å². The summed E-state index contributed by atoms with van der Waals surface area (Å²) >= 11 is 0. The van der Waals surface area contributed by atoms with E-state index in [-0.39, 0.29) is 24.0 Å². The van der Waals surface area contributed by atoms with Gasteiger partial charge in [0.15, 0.2) is 0 Å². The lowest BCUT2D eigenvalue weighted by Crippen LogP contribution is -2.57. The van der Waals surface area contributed by atoms with Crippen LogP contribution in [-0.4, -0.2) is 49.1 Å². The van der Waals surface area contributed by atoms with Crippen LogP contribution in [0.25, 0.3) is 0 Å². The normalized spacial score (nSPS) is 26.8. The second-order valence-electron chi connectivity index (χ2n) is 8.12. The highest BCUT2D eigenvalue weighted by Gasteiger charge is 2.47. The van der Waals surface area contributed by atoms with Gasteiger partial charge in [-0.15, -0.1) is 0 Å². The summed E-state index contributed by atoms with van der Waals surface area (Å²) in [6.07, 6.45) is 0.825. The van der Waals surface area contributed by atoms with Gasteiger partial charge in [-0.05, 0) is 25.3 Å². The third-order valence-electron chi connectivity index (χ3n) is 5.51. The second-order valence-corrected chi connectivity index (χ2v) is 8.12. The molecular formula is C24H37NO6. The summed E-state index contributed by atoms with van der Waals surface area (Å²) in [6, 6.07) is 9.03. The zero-order valence-corrected chi connectivity index (χ0v) is 19.3. The number of esters is 1. The van der Waals surface area contributed by atoms with E-state index in [2.05, 4.69) is 19.2 Å². The lowest BCUT2D eigenvalue weighted by Gasteiger charge is -2.44. The fraction of sp³-hybridized carbons (Fsp3) is 0.667. The molecule has 1 N–H and O–H groups in total. The van der Waals surface area contributed by atoms with E-state index in [0.29, 0.717) is 13.2 Å². The number of nitrogens with one attached hydrogen (secondary N) is 1. The van der Waals surface area contributed by atoms with Crippen LogP contribution in [0.2, 0.25) is 0 Å². The van der Waals surface area contributed by atoms with E-state index in [4.69, 9.17) is 18.9 Å². The van der Waals surface area contributed by atoms with Gasteiger partial charge in [-0.2, -0.15) is 0 Å². The standard InChI is InChI=1S/C24H37NO6/c1-6-8-14-28-21-16(3)20(7-2)30-24(31-23(27)17(4)25-18(5)26)22(21)29-15-19-12-10-9-11-13-19/h9-13,16-17,20-22,24H,6-8,14-15H2,1-5H3,(H,25,26)/t16-,17?,20-,21+,22-,24?/m1/s1. The average molecular weight is 436 g/mol. The summed E-state index contributed by atoms with van der Waals surface area (Å²) in [5.74, 6) is -0.790. The number of rotatable bonds is 11. The molecule has 1 aromatic carbocycles. The molecule has 1 amide bonds. The first-order chi connectivity index (χ1) is 14.9. The molecule has 7 heteroatoms. The Morgan fingerprint density at radius 1 is 1.13 bits per heavy atom. The van der Waals surface area contributed by atoms with Crippen LogP contribution in [0.5, 0.6) is 0 Å². The summed E-state index contributed by atoms with van der Waals surface area (Å²) in [7, 11) is 0. The van der Waals surface area contributed by atoms with Crippen molar-refractivity contribution in [3.8, 4) is 0 Å². The molecule has 31 heavy (non-hydrogen) atoms. The van der Waals surface area contributed by atoms with Crippen molar-refractivity contribution in [2.75, 3.05) is 6.61 Å². The number of ether oxygens (including phenoxy) is 4. The van der Waals surface area contributed by atoms with Crippen molar-refractivity contribution in [2.45, 2.75) is 91.1 Å². The Bertz CT molecular complexity index is 682. The van der Waals surface area contributed by atoms with Crippen LogP contribution < -0.4 is 5.32 Å². The molecule has 1 saturated heterocycles. The smallest absolute Gasteiger partial charge is 0.330 e. The van der Waals surface area contributed by atoms with Crippen LogP contribution in [0.1, 0.15) is 59.4 Å². The fourth-order valence-electron chi connectivity index (χ4n) is 3.73. The maximum Gasteiger partial charge on any atom is 0.330 e. The molecule has 1 aromatic rings. The lowest BCUT2D eigenvalue weighted by molar-refractivity contribution is -0.294. The van der Waals surface area contributed by atoms with Gasteiger partial charge in [0.2, 0.25) is 12.2 Å². The summed E-state index contributed by atoms with van der Waals surface area (Å²) in [5.41, 5.74) is 1.01. The zero-order valence-electron chi connectivity index (χ0n) is 19.3. The van der Waals surface area contributed by atoms with E-state index in [1.807, 2.05) is 37.3 Å². The van der Waals surface area contributed by atoms with E-state index < -0.39 is 24.4 Å². The monoisotopic (exact) mass is 435 g/mol. The molecule has 0 radical (unpaired) electrons. The molecule has 174 valence electrons. The first kappa shape index (κ1) is 25.3. The van der Waals surface area contributed by atoms with Crippen molar-refractivity contribution in [3.63, 3.8) is 0 Å². The molecule has 1 fully saturated rings. The molecule has 7 nitrogen and oxygen atoms in total. The van der Waals surface area contributed by atoms with E-state index in [9.17, 15) is 9.59 Å². The van der Waals surface area contributed by atoms with Gasteiger partial charge in [-0.1, -0.05) is 57.5 Å². The topological polar surface area (TPSA) is 83.1 Å². The molecule has 1 heterocycles. The Kier molecular flexibility index (Phi) is 10.4. The molecule has 0 aliphatic carbocycles. The average Bonchev–Trinajstić information content (AvgIpc) is 2.75. The zero-order chi connectivity index (χ0) is 22.8. The van der Waals surface area contributed by atoms with Crippen molar-refractivity contribution in [3.05, 3.63) is 35.9 Å². The molecule has 2 unspecified atom stereocenters. The van der Waals surface area contributed by atoms with Gasteiger partial charge in [0.1, 0.15) is 12.1 Å². The highest BCUT2D eigenvalue weighted by atomic mass is 16.7. The van der Waals surface area contributed by atoms with Gasteiger partial charge in [-0.25, -0.2) is 4.79 Å². The first-order valence-corrected chi connectivity index (χ1v) is 11.3. The van der Waals surface area contributed by atoms with E-state index in [0.717, 1.165) is 24.8 Å². The lowest BCUT2D eigenvalue weighted by atomic mass is 9.89. The minimum Gasteiger partial charge on any atom is -0.431 e. The van der Waals surface area contributed by atoms with Crippen LogP contribution in [0, 0.1) is 5.92 Å². The van der Waals surface area contributed by atoms with E-state index in [1.54, 1.807) is 6.92 Å². The number of benzene rings is 1. The highest BCUT2D eigenvalue weighted by Crippen LogP contribution is 2.33. The first-order valence-electron chi connectivity index (χ1n) is 11.3. The Morgan fingerprint density at radius 3 is 2.45 bits per heavy atom. The predicted octanol–water partition coefficient (Wildman–Crippen LogP) is 3.60. The largest absolute Gasteiger partial charge is 0.431 e. The van der Waals surface area contributed by atoms with Crippen molar-refractivity contribution in [1.29, 1.82) is 0 Å². The SMILES string of the molecule is CCCCO[C@H]1[C@H](C)[C@@H](CC)OC(OC(=O)C(C)NC(C)=O)[C@@H]1OCc1ccccc1. The van der Waals surface area contributed by atoms with E-state index in [1.165, 1.54) is 6.92 Å². The minimum absolute atomic E-state index is 0.0744. The number of carbonyl (C=O) groups excluding carboxylic acids is 2. The Labute approximate surface area is 185 Å². The molecule has 0 bridgehead atoms. The highest BCUT2D eigenvalue weighted by molar-refractivity contribution is 5.82. The maximum atomic E-state index is 12.6. The van der Waals surface area contributed by atoms with Crippen molar-refractivity contribution < 1.29 is 28.5 Å². The number of hydrogen-bond acceptors (Lipinski definition) is 6. The molecule has 1 aliphatic rings. The molecule has 0 saturated carbocycles. The third kappa shape index (κ3) is 7.59. The molecule has 1 aliphatic heterocycles. The van der Waals surface area contributed by atoms with Gasteiger partial charge >= 0.3 is 5.97 Å². The molecule has 2 rings (SSSR count). The Hall–Kier alpha value is -1.96. The number of unbranched alkanes of at least 4 members (excludes halogenated alkanes) is 1. The molecular weight excluding hydrogens is 398 g/mol. The number of amides is 1. The van der Waals surface area contributed by atoms with Crippen LogP contribution in [0.3, 0.4) is 0 Å². The summed E-state index contributed by atoms with van der Waals surface area (Å²) < 4.78 is 24.3. The van der Waals surface area contributed by atoms with Gasteiger partial charge in [-0.3, -0.25) is 4.79 Å². The van der Waals surface area contributed by atoms with E-state index >= 15 is 0 Å². The maximum absolute atomic E-state index is 12.6. The molecule has 0 spiro atoms. The van der Waals surface area contributed by atoms with Crippen molar-refractivity contribution in [2.24, 2.45) is 5.92 Å². The van der Waals surface area contributed by atoms with Crippen LogP contribution in [0.15, 0.2) is 30.3 Å². The minimum atomic E-state index is -0.916. The number of carbonyl (C=O) groups is 2. The molecule has 0 aromatic heterocycles. The van der Waals surface area contributed by atoms with Gasteiger partial charge in [0, 0.05) is 19.4 Å². The van der Waals surface area contributed by atoms with Gasteiger partial charge in [0.25, 0.3) is 0 Å². The van der Waals surface area contributed by atoms with Crippen LogP contribution in [0.4, 0.5) is 0 Å². The van der Waals surface area contributed by atoms with Crippen molar-refractivity contribution >= 4 is 11.9 Å².